The summed E-state index contributed by atoms with van der Waals surface area (Å²) >= 11 is 0. The van der Waals surface area contributed by atoms with Gasteiger partial charge in [-0.3, -0.25) is 24.3 Å². The number of carbonyl (C=O) groups excluding carboxylic acids is 2. The number of carboxylic acid groups (broad SMARTS) is 1. The van der Waals surface area contributed by atoms with E-state index in [1.54, 1.807) is 18.3 Å². The number of nitrogens with two attached hydrogens (primary N) is 3. The van der Waals surface area contributed by atoms with Crippen molar-refractivity contribution >= 4 is 29.6 Å². The van der Waals surface area contributed by atoms with Gasteiger partial charge in [0.25, 0.3) is 0 Å². The van der Waals surface area contributed by atoms with E-state index in [2.05, 4.69) is 22.1 Å². The van der Waals surface area contributed by atoms with E-state index in [1.807, 2.05) is 53.5 Å². The fraction of sp³-hybridized carbons (Fsp3) is 0.529. The molecule has 0 radical (unpaired) electrons. The average molecular weight is 653 g/mol. The van der Waals surface area contributed by atoms with Crippen molar-refractivity contribution in [2.75, 3.05) is 39.8 Å². The first-order valence-electron chi connectivity index (χ1n) is 15.2. The fourth-order valence-corrected chi connectivity index (χ4v) is 3.97. The first-order valence-corrected chi connectivity index (χ1v) is 15.2. The monoisotopic (exact) mass is 652 g/mol. The molecule has 0 saturated carbocycles. The molecular formula is C34H61FN6O5. The normalized spacial score (nSPS) is 11.1. The molecule has 0 fully saturated rings. The van der Waals surface area contributed by atoms with Crippen molar-refractivity contribution in [2.24, 2.45) is 17.2 Å². The Balaban J connectivity index is -0.000000255. The Morgan fingerprint density at radius 3 is 2.17 bits per heavy atom. The number of primary amides is 1. The van der Waals surface area contributed by atoms with Crippen molar-refractivity contribution in [3.05, 3.63) is 64.4 Å². The minimum absolute atomic E-state index is 0. The third-order valence-corrected chi connectivity index (χ3v) is 6.10. The number of hydrogen-bond donors (Lipinski definition) is 6. The lowest BCUT2D eigenvalue weighted by molar-refractivity contribution is -0.138. The Morgan fingerprint density at radius 1 is 1.17 bits per heavy atom. The van der Waals surface area contributed by atoms with Crippen LogP contribution in [0.3, 0.4) is 0 Å². The number of nitrogens with zero attached hydrogens (tertiary/aromatic N) is 2. The summed E-state index contributed by atoms with van der Waals surface area (Å²) in [5, 5.41) is 20.9. The largest absolute Gasteiger partial charge is 0.480 e. The van der Waals surface area contributed by atoms with Crippen LogP contribution >= 0.6 is 0 Å². The molecule has 1 aliphatic rings. The summed E-state index contributed by atoms with van der Waals surface area (Å²) in [6.45, 7) is 13.7. The molecule has 1 aromatic carbocycles. The lowest BCUT2D eigenvalue weighted by atomic mass is 9.88. The van der Waals surface area contributed by atoms with Gasteiger partial charge in [0.05, 0.1) is 18.7 Å². The van der Waals surface area contributed by atoms with E-state index in [0.717, 1.165) is 55.4 Å². The number of aliphatic hydroxyl groups is 1. The molecule has 12 heteroatoms. The van der Waals surface area contributed by atoms with Gasteiger partial charge < -0.3 is 32.7 Å². The second kappa shape index (κ2) is 32.5. The summed E-state index contributed by atoms with van der Waals surface area (Å²) in [6.07, 6.45) is 10.9. The minimum atomic E-state index is -0.785. The molecule has 0 spiro atoms. The molecule has 46 heavy (non-hydrogen) atoms. The number of pyridine rings is 1. The van der Waals surface area contributed by atoms with Gasteiger partial charge in [-0.1, -0.05) is 41.2 Å². The molecule has 0 saturated heterocycles. The van der Waals surface area contributed by atoms with Gasteiger partial charge in [-0.15, -0.1) is 0 Å². The third-order valence-electron chi connectivity index (χ3n) is 6.10. The number of hydrogen-bond acceptors (Lipinski definition) is 9. The van der Waals surface area contributed by atoms with Gasteiger partial charge in [0, 0.05) is 55.3 Å². The molecule has 1 aliphatic carbocycles. The van der Waals surface area contributed by atoms with E-state index in [1.165, 1.54) is 22.7 Å². The Morgan fingerprint density at radius 2 is 1.78 bits per heavy atom. The molecule has 2 aromatic rings. The molecule has 1 amide bonds. The number of halogens is 1. The van der Waals surface area contributed by atoms with Crippen LogP contribution in [0.2, 0.25) is 0 Å². The molecule has 0 atom stereocenters. The van der Waals surface area contributed by atoms with Crippen LogP contribution in [-0.4, -0.2) is 78.6 Å². The average Bonchev–Trinajstić information content (AvgIpc) is 3.04. The van der Waals surface area contributed by atoms with Crippen LogP contribution in [0.4, 0.5) is 4.39 Å². The summed E-state index contributed by atoms with van der Waals surface area (Å²) in [5.74, 6) is -0.907. The zero-order chi connectivity index (χ0) is 35.2. The maximum absolute atomic E-state index is 13.6. The van der Waals surface area contributed by atoms with Gasteiger partial charge in [0.1, 0.15) is 12.1 Å². The molecule has 264 valence electrons. The predicted octanol–water partition coefficient (Wildman–Crippen LogP) is 4.22. The van der Waals surface area contributed by atoms with Crippen LogP contribution in [0.25, 0.3) is 10.9 Å². The number of rotatable bonds is 10. The van der Waals surface area contributed by atoms with Crippen LogP contribution in [0.5, 0.6) is 0 Å². The summed E-state index contributed by atoms with van der Waals surface area (Å²) in [6, 6.07) is 3.62. The van der Waals surface area contributed by atoms with Crippen molar-refractivity contribution in [1.29, 1.82) is 0 Å². The van der Waals surface area contributed by atoms with E-state index in [9.17, 15) is 14.0 Å². The smallest absolute Gasteiger partial charge is 0.317 e. The first kappa shape index (κ1) is 49.0. The maximum atomic E-state index is 13.6. The molecule has 0 unspecified atom stereocenters. The Bertz CT molecular complexity index is 1150. The predicted molar refractivity (Wildman–Crippen MR) is 189 cm³/mol. The van der Waals surface area contributed by atoms with Crippen LogP contribution in [-0.2, 0) is 27.2 Å². The zero-order valence-corrected chi connectivity index (χ0v) is 28.2. The van der Waals surface area contributed by atoms with Crippen molar-refractivity contribution in [3.63, 3.8) is 0 Å². The van der Waals surface area contributed by atoms with Crippen LogP contribution in [0, 0.1) is 12.7 Å². The standard InChI is InChI=1S/C13H12FN.C7H16N2O2.C6H10O2.C4H10N2.C2H6.CH3NO.CH4/c1-8-10-4-2-3-9-5-6-15-12(13(9)10)7-11(8)14;1-2-4-9(5-3-8)6-7(10)11;1-2-3-6(4-7)5-8;1-4(3-5)6-2;1-2;2-1-3;/h5-7H,2-4H2,1H3;2-6,8H2,1H3,(H,10,11);3-4,8H,2,5H2,1H3;3,6H,5H2,1-2H3;1-2H3;1H,(H2,2,3);1H4/b;;6-3-;;;;. The first-order chi connectivity index (χ1) is 21.5. The SMILES string of the molecule is C.CC.CC/C=C(/C=O)CO.CCCN(CCN)CC(=O)O.CNC(C)=CN.Cc1c(F)cc2nccc3c2c1CCC3.NC=O. The molecule has 1 heterocycles. The number of benzene rings is 1. The van der Waals surface area contributed by atoms with Gasteiger partial charge in [0.15, 0.2) is 0 Å². The third kappa shape index (κ3) is 21.8. The number of aliphatic carboxylic acids is 1. The maximum Gasteiger partial charge on any atom is 0.317 e. The van der Waals surface area contributed by atoms with Crippen molar-refractivity contribution in [2.45, 2.75) is 81.1 Å². The van der Waals surface area contributed by atoms with E-state index in [4.69, 9.17) is 26.5 Å². The van der Waals surface area contributed by atoms with Gasteiger partial charge in [0.2, 0.25) is 6.41 Å². The lowest BCUT2D eigenvalue weighted by Crippen LogP contribution is -2.34. The number of allylic oxidation sites excluding steroid dienone is 2. The Labute approximate surface area is 276 Å². The molecule has 3 rings (SSSR count). The summed E-state index contributed by atoms with van der Waals surface area (Å²) < 4.78 is 13.6. The van der Waals surface area contributed by atoms with E-state index < -0.39 is 5.97 Å². The highest BCUT2D eigenvalue weighted by Crippen LogP contribution is 2.31. The van der Waals surface area contributed by atoms with E-state index in [0.29, 0.717) is 24.9 Å². The summed E-state index contributed by atoms with van der Waals surface area (Å²) in [5.41, 5.74) is 20.1. The molecule has 9 N–H and O–H groups in total. The van der Waals surface area contributed by atoms with Gasteiger partial charge in [-0.2, -0.15) is 0 Å². The topological polar surface area (TPSA) is 198 Å². The van der Waals surface area contributed by atoms with Gasteiger partial charge in [-0.05, 0) is 75.3 Å². The molecular weight excluding hydrogens is 591 g/mol. The Hall–Kier alpha value is -3.87. The number of aromatic nitrogens is 1. The molecule has 11 nitrogen and oxygen atoms in total. The number of nitrogens with one attached hydrogen (secondary N) is 1. The van der Waals surface area contributed by atoms with Crippen molar-refractivity contribution < 1.29 is 29.0 Å². The Kier molecular flexibility index (Phi) is 34.7. The van der Waals surface area contributed by atoms with Crippen molar-refractivity contribution in [1.82, 2.24) is 15.2 Å². The quantitative estimate of drug-likeness (QED) is 0.160. The number of aryl methyl sites for hydroxylation is 2. The second-order valence-electron chi connectivity index (χ2n) is 9.34. The number of aliphatic hydroxyl groups excluding tert-OH is 1. The van der Waals surface area contributed by atoms with Crippen LogP contribution < -0.4 is 22.5 Å². The fourth-order valence-electron chi connectivity index (χ4n) is 3.97. The van der Waals surface area contributed by atoms with Gasteiger partial charge in [-0.25, -0.2) is 4.39 Å². The lowest BCUT2D eigenvalue weighted by Gasteiger charge is -2.18. The summed E-state index contributed by atoms with van der Waals surface area (Å²) in [7, 11) is 1.83. The minimum Gasteiger partial charge on any atom is -0.480 e. The molecule has 0 aliphatic heterocycles. The van der Waals surface area contributed by atoms with Crippen LogP contribution in [0.15, 0.2) is 41.9 Å². The van der Waals surface area contributed by atoms with Gasteiger partial charge >= 0.3 is 5.97 Å². The number of carboxylic acids is 1. The van der Waals surface area contributed by atoms with Crippen LogP contribution in [0.1, 0.15) is 78.0 Å². The molecule has 0 bridgehead atoms. The highest BCUT2D eigenvalue weighted by molar-refractivity contribution is 5.87. The van der Waals surface area contributed by atoms with E-state index >= 15 is 0 Å². The molecule has 1 aromatic heterocycles. The number of aldehydes is 1. The second-order valence-corrected chi connectivity index (χ2v) is 9.34. The number of carbonyl (C=O) groups is 3. The number of amides is 1. The zero-order valence-electron chi connectivity index (χ0n) is 28.2. The van der Waals surface area contributed by atoms with Crippen molar-refractivity contribution in [3.8, 4) is 0 Å². The summed E-state index contributed by atoms with van der Waals surface area (Å²) in [4.78, 5) is 34.8. The highest BCUT2D eigenvalue weighted by atomic mass is 19.1. The highest BCUT2D eigenvalue weighted by Gasteiger charge is 2.17. The van der Waals surface area contributed by atoms with E-state index in [-0.39, 0.29) is 32.8 Å².